The van der Waals surface area contributed by atoms with Crippen LogP contribution in [0.4, 0.5) is 11.6 Å². The Hall–Kier alpha value is -3.81. The van der Waals surface area contributed by atoms with Crippen LogP contribution in [0.1, 0.15) is 18.1 Å². The predicted molar refractivity (Wildman–Crippen MR) is 129 cm³/mol. The highest BCUT2D eigenvalue weighted by Crippen LogP contribution is 2.34. The summed E-state index contributed by atoms with van der Waals surface area (Å²) in [5, 5.41) is 0. The molecule has 4 aromatic rings. The van der Waals surface area contributed by atoms with Crippen LogP contribution in [-0.2, 0) is 20.1 Å². The van der Waals surface area contributed by atoms with Crippen LogP contribution in [0.15, 0.2) is 58.1 Å². The van der Waals surface area contributed by atoms with Crippen molar-refractivity contribution in [3.8, 4) is 5.75 Å². The number of nitrogens with zero attached hydrogens (tertiary/aromatic N) is 5. The number of aromatic nitrogens is 4. The van der Waals surface area contributed by atoms with Gasteiger partial charge in [-0.25, -0.2) is 4.79 Å². The van der Waals surface area contributed by atoms with Crippen molar-refractivity contribution >= 4 is 22.8 Å². The van der Waals surface area contributed by atoms with Gasteiger partial charge in [-0.3, -0.25) is 13.9 Å². The van der Waals surface area contributed by atoms with Crippen molar-refractivity contribution in [1.82, 2.24) is 18.7 Å². The van der Waals surface area contributed by atoms with Gasteiger partial charge in [0.25, 0.3) is 5.56 Å². The third-order valence-corrected chi connectivity index (χ3v) is 6.27. The third-order valence-electron chi connectivity index (χ3n) is 6.27. The second-order valence-electron chi connectivity index (χ2n) is 8.83. The maximum atomic E-state index is 13.6. The predicted octanol–water partition coefficient (Wildman–Crippen LogP) is 3.05. The fourth-order valence-electron chi connectivity index (χ4n) is 4.52. The average molecular weight is 446 g/mol. The molecule has 2 aromatic heterocycles. The Bertz CT molecular complexity index is 1460. The molecule has 0 fully saturated rings. The molecule has 2 aromatic carbocycles. The normalized spacial score (nSPS) is 15.6. The largest absolute Gasteiger partial charge is 0.497 e. The highest BCUT2D eigenvalue weighted by atomic mass is 16.5. The Morgan fingerprint density at radius 1 is 1.09 bits per heavy atom. The zero-order valence-corrected chi connectivity index (χ0v) is 19.3. The van der Waals surface area contributed by atoms with Crippen molar-refractivity contribution < 1.29 is 4.74 Å². The summed E-state index contributed by atoms with van der Waals surface area (Å²) >= 11 is 0. The van der Waals surface area contributed by atoms with Crippen molar-refractivity contribution in [2.75, 3.05) is 18.6 Å². The zero-order chi connectivity index (χ0) is 23.3. The van der Waals surface area contributed by atoms with Gasteiger partial charge < -0.3 is 14.2 Å². The van der Waals surface area contributed by atoms with Gasteiger partial charge in [-0.05, 0) is 30.5 Å². The maximum absolute atomic E-state index is 13.6. The average Bonchev–Trinajstić information content (AvgIpc) is 3.20. The first-order chi connectivity index (χ1) is 15.9. The topological polar surface area (TPSA) is 74.3 Å². The Morgan fingerprint density at radius 3 is 2.58 bits per heavy atom. The lowest BCUT2D eigenvalue weighted by atomic mass is 10.1. The number of ether oxygens (including phenoxy) is 1. The van der Waals surface area contributed by atoms with Gasteiger partial charge in [-0.15, -0.1) is 0 Å². The molecule has 1 atom stereocenters. The number of imidazole rings is 1. The number of benzene rings is 2. The lowest BCUT2D eigenvalue weighted by molar-refractivity contribution is 0.414. The molecule has 3 heterocycles. The summed E-state index contributed by atoms with van der Waals surface area (Å²) in [5.74, 6) is 1.70. The number of methoxy groups -OCH3 is 1. The third kappa shape index (κ3) is 3.51. The molecular weight excluding hydrogens is 418 g/mol. The first-order valence-electron chi connectivity index (χ1n) is 11.0. The van der Waals surface area contributed by atoms with E-state index in [-0.39, 0.29) is 23.7 Å². The van der Waals surface area contributed by atoms with Crippen LogP contribution in [-0.4, -0.2) is 32.3 Å². The zero-order valence-electron chi connectivity index (χ0n) is 19.3. The summed E-state index contributed by atoms with van der Waals surface area (Å²) < 4.78 is 10.1. The van der Waals surface area contributed by atoms with Gasteiger partial charge in [0.05, 0.1) is 13.7 Å². The lowest BCUT2D eigenvalue weighted by Gasteiger charge is -2.33. The molecule has 0 spiro atoms. The smallest absolute Gasteiger partial charge is 0.332 e. The van der Waals surface area contributed by atoms with Gasteiger partial charge in [0, 0.05) is 31.9 Å². The van der Waals surface area contributed by atoms with Gasteiger partial charge >= 0.3 is 5.69 Å². The molecule has 0 amide bonds. The highest BCUT2D eigenvalue weighted by molar-refractivity contribution is 5.77. The van der Waals surface area contributed by atoms with E-state index in [9.17, 15) is 9.59 Å². The van der Waals surface area contributed by atoms with Gasteiger partial charge in [0.15, 0.2) is 11.2 Å². The Morgan fingerprint density at radius 2 is 1.85 bits per heavy atom. The van der Waals surface area contributed by atoms with Gasteiger partial charge in [-0.2, -0.15) is 4.98 Å². The molecule has 1 aliphatic rings. The molecular formula is C25H27N5O3. The van der Waals surface area contributed by atoms with Crippen LogP contribution in [0.5, 0.6) is 5.75 Å². The molecule has 0 saturated carbocycles. The molecule has 0 bridgehead atoms. The number of rotatable bonds is 4. The van der Waals surface area contributed by atoms with Crippen LogP contribution in [0.2, 0.25) is 0 Å². The van der Waals surface area contributed by atoms with E-state index in [0.717, 1.165) is 29.1 Å². The van der Waals surface area contributed by atoms with Crippen molar-refractivity contribution in [3.05, 3.63) is 80.5 Å². The molecule has 8 heteroatoms. The van der Waals surface area contributed by atoms with E-state index in [1.54, 1.807) is 14.2 Å². The lowest BCUT2D eigenvalue weighted by Crippen LogP contribution is -2.40. The maximum Gasteiger partial charge on any atom is 0.332 e. The molecule has 170 valence electrons. The molecule has 0 N–H and O–H groups in total. The first-order valence-corrected chi connectivity index (χ1v) is 11.0. The fourth-order valence-corrected chi connectivity index (χ4v) is 4.52. The number of hydrogen-bond donors (Lipinski definition) is 0. The minimum Gasteiger partial charge on any atom is -0.497 e. The van der Waals surface area contributed by atoms with Gasteiger partial charge in [0.2, 0.25) is 5.95 Å². The van der Waals surface area contributed by atoms with Crippen molar-refractivity contribution in [2.45, 2.75) is 26.9 Å². The van der Waals surface area contributed by atoms with Crippen molar-refractivity contribution in [3.63, 3.8) is 0 Å². The van der Waals surface area contributed by atoms with E-state index < -0.39 is 0 Å². The minimum atomic E-state index is -0.371. The second-order valence-corrected chi connectivity index (χ2v) is 8.83. The Labute approximate surface area is 191 Å². The highest BCUT2D eigenvalue weighted by Gasteiger charge is 2.30. The van der Waals surface area contributed by atoms with Crippen molar-refractivity contribution in [1.29, 1.82) is 0 Å². The molecule has 0 aliphatic carbocycles. The summed E-state index contributed by atoms with van der Waals surface area (Å²) in [5.41, 5.74) is 3.15. The standard InChI is InChI=1S/C25H27N5O3/c1-16-8-10-18(11-9-16)15-30-23(31)21-22(27(3)25(30)32)26-24-28(13-17(2)14-29(21)24)19-6-5-7-20(12-19)33-4/h5-12,17H,13-15H2,1-4H3/t17-/m1/s1. The fraction of sp³-hybridized carbons (Fsp3) is 0.320. The van der Waals surface area contributed by atoms with Crippen LogP contribution in [0, 0.1) is 12.8 Å². The summed E-state index contributed by atoms with van der Waals surface area (Å²) in [4.78, 5) is 33.6. The van der Waals surface area contributed by atoms with E-state index in [1.165, 1.54) is 9.13 Å². The summed E-state index contributed by atoms with van der Waals surface area (Å²) in [7, 11) is 3.31. The molecule has 0 radical (unpaired) electrons. The number of fused-ring (bicyclic) bond motifs is 3. The number of hydrogen-bond acceptors (Lipinski definition) is 5. The minimum absolute atomic E-state index is 0.220. The molecule has 8 nitrogen and oxygen atoms in total. The molecule has 33 heavy (non-hydrogen) atoms. The summed E-state index contributed by atoms with van der Waals surface area (Å²) in [6.07, 6.45) is 0. The van der Waals surface area contributed by atoms with E-state index >= 15 is 0 Å². The van der Waals surface area contributed by atoms with Crippen LogP contribution < -0.4 is 20.9 Å². The van der Waals surface area contributed by atoms with E-state index in [4.69, 9.17) is 9.72 Å². The number of aryl methyl sites for hydroxylation is 2. The van der Waals surface area contributed by atoms with E-state index in [0.29, 0.717) is 23.7 Å². The number of anilines is 2. The van der Waals surface area contributed by atoms with Gasteiger partial charge in [-0.1, -0.05) is 42.8 Å². The van der Waals surface area contributed by atoms with E-state index in [1.807, 2.05) is 60.0 Å². The summed E-state index contributed by atoms with van der Waals surface area (Å²) in [6.45, 7) is 5.78. The molecule has 0 unspecified atom stereocenters. The first kappa shape index (κ1) is 21.1. The van der Waals surface area contributed by atoms with Crippen molar-refractivity contribution in [2.24, 2.45) is 13.0 Å². The molecule has 1 aliphatic heterocycles. The van der Waals surface area contributed by atoms with Crippen LogP contribution in [0.25, 0.3) is 11.2 Å². The monoisotopic (exact) mass is 445 g/mol. The molecule has 0 saturated heterocycles. The van der Waals surface area contributed by atoms with Gasteiger partial charge in [0.1, 0.15) is 5.75 Å². The Kier molecular flexibility index (Phi) is 5.08. The SMILES string of the molecule is COc1cccc(N2C[C@@H](C)Cn3c2nc2c3c(=O)n(Cc3ccc(C)cc3)c(=O)n2C)c1. The Balaban J connectivity index is 1.70. The summed E-state index contributed by atoms with van der Waals surface area (Å²) in [6, 6.07) is 15.6. The van der Waals surface area contributed by atoms with Crippen LogP contribution >= 0.6 is 0 Å². The van der Waals surface area contributed by atoms with E-state index in [2.05, 4.69) is 11.8 Å². The molecule has 5 rings (SSSR count). The second kappa shape index (κ2) is 7.95. The quantitative estimate of drug-likeness (QED) is 0.483. The van der Waals surface area contributed by atoms with Crippen LogP contribution in [0.3, 0.4) is 0 Å².